The van der Waals surface area contributed by atoms with Gasteiger partial charge < -0.3 is 16.0 Å². The summed E-state index contributed by atoms with van der Waals surface area (Å²) in [6.07, 6.45) is 1.66. The Morgan fingerprint density at radius 1 is 0.962 bits per heavy atom. The smallest absolute Gasteiger partial charge is 0.229 e. The van der Waals surface area contributed by atoms with Gasteiger partial charge in [0, 0.05) is 36.0 Å². The number of nitrogens with one attached hydrogen (secondary N) is 2. The lowest BCUT2D eigenvalue weighted by Crippen LogP contribution is -2.12. The fourth-order valence-electron chi connectivity index (χ4n) is 2.29. The fraction of sp³-hybridized carbons (Fsp3) is 0.0588. The van der Waals surface area contributed by atoms with Crippen molar-refractivity contribution in [3.8, 4) is 0 Å². The van der Waals surface area contributed by atoms with Crippen molar-refractivity contribution in [1.82, 2.24) is 9.97 Å². The number of rotatable bonds is 6. The average Bonchev–Trinajstić information content (AvgIpc) is 2.63. The highest BCUT2D eigenvalue weighted by Gasteiger charge is 2.07. The van der Waals surface area contributed by atoms with E-state index in [2.05, 4.69) is 20.0 Å². The van der Waals surface area contributed by atoms with Crippen molar-refractivity contribution in [1.29, 1.82) is 0 Å². The average molecular weight is 370 g/mol. The third-order valence-corrected chi connectivity index (χ3v) is 4.07. The minimum atomic E-state index is -2.68. The molecule has 0 aliphatic heterocycles. The number of benzene rings is 2. The molecule has 1 aromatic heterocycles. The topological polar surface area (TPSA) is 113 Å². The molecule has 0 spiro atoms. The van der Waals surface area contributed by atoms with Crippen molar-refractivity contribution in [2.24, 2.45) is 0 Å². The first-order valence-corrected chi connectivity index (χ1v) is 8.89. The third-order valence-electron chi connectivity index (χ3n) is 3.63. The summed E-state index contributed by atoms with van der Waals surface area (Å²) in [5.74, 6) is 1.15. The monoisotopic (exact) mass is 370 g/mol. The molecule has 26 heavy (non-hydrogen) atoms. The molecule has 0 aliphatic carbocycles. The molecule has 3 aromatic rings. The lowest BCUT2D eigenvalue weighted by molar-refractivity contribution is 0.619. The molecule has 0 radical (unpaired) electrons. The number of nitrogens with zero attached hydrogens (tertiary/aromatic N) is 3. The van der Waals surface area contributed by atoms with Gasteiger partial charge in [0.2, 0.25) is 16.8 Å². The van der Waals surface area contributed by atoms with Gasteiger partial charge in [-0.05, 0) is 54.6 Å². The maximum Gasteiger partial charge on any atom is 0.229 e. The molecule has 0 saturated carbocycles. The lowest BCUT2D eigenvalue weighted by atomic mass is 10.2. The van der Waals surface area contributed by atoms with Crippen LogP contribution in [-0.4, -0.2) is 25.4 Å². The molecule has 0 fully saturated rings. The maximum absolute atomic E-state index is 10.7. The standard InChI is InChI=1S/C17H18N6O2S/c1-23(15-8-2-12(18)3-9-15)16-10-11-19-17(21-16)20-13-4-6-14(7-5-13)22-26(24)25/h2-11,26H,18H2,1H3,(H,19,20,21)(H,22,24,25). The van der Waals surface area contributed by atoms with Gasteiger partial charge in [-0.1, -0.05) is 0 Å². The second-order valence-corrected chi connectivity index (χ2v) is 6.20. The number of hydrogen-bond donors (Lipinski definition) is 4. The molecule has 0 aliphatic rings. The molecule has 8 nitrogen and oxygen atoms in total. The number of nitrogen functional groups attached to an aromatic ring is 1. The van der Waals surface area contributed by atoms with Gasteiger partial charge in [-0.3, -0.25) is 4.72 Å². The number of hydrogen-bond acceptors (Lipinski definition) is 7. The van der Waals surface area contributed by atoms with Crippen LogP contribution in [0.25, 0.3) is 0 Å². The highest BCUT2D eigenvalue weighted by molar-refractivity contribution is 7.73. The Hall–Kier alpha value is -3.33. The minimum Gasteiger partial charge on any atom is -0.399 e. The van der Waals surface area contributed by atoms with Gasteiger partial charge in [0.05, 0.1) is 0 Å². The highest BCUT2D eigenvalue weighted by Crippen LogP contribution is 2.24. The van der Waals surface area contributed by atoms with E-state index >= 15 is 0 Å². The maximum atomic E-state index is 10.7. The van der Waals surface area contributed by atoms with Crippen LogP contribution >= 0.6 is 0 Å². The molecule has 134 valence electrons. The molecule has 0 unspecified atom stereocenters. The second-order valence-electron chi connectivity index (χ2n) is 5.46. The number of nitrogens with two attached hydrogens (primary N) is 1. The van der Waals surface area contributed by atoms with E-state index in [1.54, 1.807) is 36.5 Å². The first-order chi connectivity index (χ1) is 12.5. The van der Waals surface area contributed by atoms with Crippen LogP contribution < -0.4 is 20.7 Å². The van der Waals surface area contributed by atoms with E-state index in [1.807, 2.05) is 36.2 Å². The molecule has 2 aromatic carbocycles. The zero-order chi connectivity index (χ0) is 18.5. The first-order valence-electron chi connectivity index (χ1n) is 7.72. The summed E-state index contributed by atoms with van der Waals surface area (Å²) in [4.78, 5) is 10.6. The van der Waals surface area contributed by atoms with Crippen LogP contribution in [0.2, 0.25) is 0 Å². The van der Waals surface area contributed by atoms with Gasteiger partial charge >= 0.3 is 0 Å². The molecule has 3 rings (SSSR count). The van der Waals surface area contributed by atoms with E-state index in [0.29, 0.717) is 23.1 Å². The van der Waals surface area contributed by atoms with Crippen LogP contribution in [0.15, 0.2) is 60.8 Å². The quantitative estimate of drug-likeness (QED) is 0.389. The molecular formula is C17H18N6O2S. The highest BCUT2D eigenvalue weighted by atomic mass is 32.2. The normalized spacial score (nSPS) is 10.5. The number of anilines is 6. The van der Waals surface area contributed by atoms with Crippen molar-refractivity contribution >= 4 is 45.4 Å². The zero-order valence-electron chi connectivity index (χ0n) is 14.0. The summed E-state index contributed by atoms with van der Waals surface area (Å²) in [5, 5.41) is 3.09. The number of aromatic nitrogens is 2. The lowest BCUT2D eigenvalue weighted by Gasteiger charge is -2.19. The van der Waals surface area contributed by atoms with Crippen molar-refractivity contribution in [3.63, 3.8) is 0 Å². The molecule has 0 amide bonds. The van der Waals surface area contributed by atoms with Gasteiger partial charge in [0.15, 0.2) is 0 Å². The van der Waals surface area contributed by atoms with Crippen LogP contribution in [0, 0.1) is 0 Å². The Labute approximate surface area is 152 Å². The molecule has 0 saturated heterocycles. The van der Waals surface area contributed by atoms with E-state index in [4.69, 9.17) is 5.73 Å². The summed E-state index contributed by atoms with van der Waals surface area (Å²) >= 11 is 0. The molecule has 4 N–H and O–H groups in total. The third kappa shape index (κ3) is 4.39. The summed E-state index contributed by atoms with van der Waals surface area (Å²) in [6.45, 7) is 0. The van der Waals surface area contributed by atoms with Gasteiger partial charge in [-0.2, -0.15) is 4.98 Å². The predicted octanol–water partition coefficient (Wildman–Crippen LogP) is 2.51. The van der Waals surface area contributed by atoms with Gasteiger partial charge in [-0.25, -0.2) is 13.4 Å². The Morgan fingerprint density at radius 2 is 1.62 bits per heavy atom. The van der Waals surface area contributed by atoms with Crippen molar-refractivity contribution in [2.45, 2.75) is 0 Å². The minimum absolute atomic E-state index is 0.431. The summed E-state index contributed by atoms with van der Waals surface area (Å²) in [6, 6.07) is 16.1. The van der Waals surface area contributed by atoms with Gasteiger partial charge in [-0.15, -0.1) is 0 Å². The largest absolute Gasteiger partial charge is 0.399 e. The molecular weight excluding hydrogens is 352 g/mol. The summed E-state index contributed by atoms with van der Waals surface area (Å²) in [7, 11) is -0.774. The van der Waals surface area contributed by atoms with Gasteiger partial charge in [0.1, 0.15) is 5.82 Å². The van der Waals surface area contributed by atoms with E-state index < -0.39 is 10.9 Å². The molecule has 0 bridgehead atoms. The first kappa shape index (κ1) is 17.5. The van der Waals surface area contributed by atoms with Crippen LogP contribution in [0.4, 0.5) is 34.5 Å². The van der Waals surface area contributed by atoms with Gasteiger partial charge in [0.25, 0.3) is 0 Å². The van der Waals surface area contributed by atoms with E-state index in [0.717, 1.165) is 11.4 Å². The van der Waals surface area contributed by atoms with Crippen LogP contribution in [0.3, 0.4) is 0 Å². The predicted molar refractivity (Wildman–Crippen MR) is 105 cm³/mol. The second kappa shape index (κ2) is 7.70. The van der Waals surface area contributed by atoms with Crippen molar-refractivity contribution < 1.29 is 8.42 Å². The Balaban J connectivity index is 1.75. The zero-order valence-corrected chi connectivity index (χ0v) is 14.9. The Kier molecular flexibility index (Phi) is 5.18. The fourth-order valence-corrected chi connectivity index (χ4v) is 2.65. The van der Waals surface area contributed by atoms with E-state index in [1.165, 1.54) is 0 Å². The number of thiol groups is 1. The SMILES string of the molecule is CN(c1ccc(N)cc1)c1ccnc(Nc2ccc(N[SH](=O)=O)cc2)n1. The van der Waals surface area contributed by atoms with Crippen molar-refractivity contribution in [2.75, 3.05) is 27.7 Å². The molecule has 0 atom stereocenters. The van der Waals surface area contributed by atoms with Crippen LogP contribution in [0.1, 0.15) is 0 Å². The molecule has 1 heterocycles. The summed E-state index contributed by atoms with van der Waals surface area (Å²) in [5.41, 5.74) is 8.60. The van der Waals surface area contributed by atoms with Crippen LogP contribution in [-0.2, 0) is 10.9 Å². The van der Waals surface area contributed by atoms with Crippen molar-refractivity contribution in [3.05, 3.63) is 60.8 Å². The molecule has 9 heteroatoms. The van der Waals surface area contributed by atoms with E-state index in [-0.39, 0.29) is 0 Å². The van der Waals surface area contributed by atoms with E-state index in [9.17, 15) is 8.42 Å². The Morgan fingerprint density at radius 3 is 2.27 bits per heavy atom. The van der Waals surface area contributed by atoms with Crippen LogP contribution in [0.5, 0.6) is 0 Å². The Bertz CT molecular complexity index is 950. The summed E-state index contributed by atoms with van der Waals surface area (Å²) < 4.78 is 23.6.